The van der Waals surface area contributed by atoms with Crippen LogP contribution in [0.4, 0.5) is 5.82 Å². The third-order valence-corrected chi connectivity index (χ3v) is 6.27. The maximum absolute atomic E-state index is 12.4. The van der Waals surface area contributed by atoms with E-state index in [1.807, 2.05) is 12.3 Å². The number of thiophene rings is 1. The van der Waals surface area contributed by atoms with Gasteiger partial charge in [0.25, 0.3) is 5.91 Å². The van der Waals surface area contributed by atoms with Crippen molar-refractivity contribution < 1.29 is 4.79 Å². The monoisotopic (exact) mass is 409 g/mol. The summed E-state index contributed by atoms with van der Waals surface area (Å²) in [7, 11) is 0. The first-order valence-electron chi connectivity index (χ1n) is 9.08. The number of hydrogen-bond donors (Lipinski definition) is 1. The third kappa shape index (κ3) is 3.83. The third-order valence-electron chi connectivity index (χ3n) is 4.20. The second kappa shape index (κ2) is 8.20. The molecule has 0 fully saturated rings. The van der Waals surface area contributed by atoms with Crippen molar-refractivity contribution in [2.24, 2.45) is 4.99 Å². The van der Waals surface area contributed by atoms with E-state index in [1.165, 1.54) is 22.8 Å². The van der Waals surface area contributed by atoms with E-state index in [0.29, 0.717) is 17.4 Å². The summed E-state index contributed by atoms with van der Waals surface area (Å²) in [4.78, 5) is 33.7. The Hall–Kier alpha value is -2.58. The Morgan fingerprint density at radius 1 is 1.21 bits per heavy atom. The number of amides is 1. The van der Waals surface area contributed by atoms with Crippen molar-refractivity contribution in [2.75, 3.05) is 6.54 Å². The lowest BCUT2D eigenvalue weighted by Crippen LogP contribution is -2.25. The van der Waals surface area contributed by atoms with Crippen LogP contribution >= 0.6 is 23.1 Å². The molecule has 6 nitrogen and oxygen atoms in total. The lowest BCUT2D eigenvalue weighted by atomic mass is 10.1. The van der Waals surface area contributed by atoms with Gasteiger partial charge in [-0.25, -0.2) is 15.0 Å². The van der Waals surface area contributed by atoms with E-state index in [0.717, 1.165) is 33.9 Å². The van der Waals surface area contributed by atoms with Gasteiger partial charge in [0.05, 0.1) is 16.8 Å². The van der Waals surface area contributed by atoms with E-state index in [4.69, 9.17) is 4.99 Å². The van der Waals surface area contributed by atoms with Gasteiger partial charge in [0.15, 0.2) is 5.82 Å². The summed E-state index contributed by atoms with van der Waals surface area (Å²) >= 11 is 3.17. The second-order valence-electron chi connectivity index (χ2n) is 6.34. The summed E-state index contributed by atoms with van der Waals surface area (Å²) in [5.41, 5.74) is 2.04. The van der Waals surface area contributed by atoms with Gasteiger partial charge in [0, 0.05) is 34.3 Å². The fraction of sp³-hybridized carbons (Fsp3) is 0.250. The Kier molecular flexibility index (Phi) is 5.50. The van der Waals surface area contributed by atoms with Gasteiger partial charge in [-0.15, -0.1) is 11.3 Å². The zero-order valence-corrected chi connectivity index (χ0v) is 17.2. The van der Waals surface area contributed by atoms with Crippen LogP contribution < -0.4 is 5.32 Å². The van der Waals surface area contributed by atoms with Crippen molar-refractivity contribution in [1.29, 1.82) is 0 Å². The van der Waals surface area contributed by atoms with Crippen molar-refractivity contribution in [2.45, 2.75) is 36.6 Å². The number of carbonyl (C=O) groups is 1. The van der Waals surface area contributed by atoms with Gasteiger partial charge in [-0.1, -0.05) is 25.1 Å². The fourth-order valence-corrected chi connectivity index (χ4v) is 4.52. The van der Waals surface area contributed by atoms with Crippen LogP contribution in [0, 0.1) is 6.92 Å². The normalized spacial score (nSPS) is 12.6. The van der Waals surface area contributed by atoms with E-state index in [2.05, 4.69) is 46.2 Å². The Balaban J connectivity index is 1.77. The maximum atomic E-state index is 12.4. The van der Waals surface area contributed by atoms with Gasteiger partial charge in [0.1, 0.15) is 10.7 Å². The molecule has 0 aromatic carbocycles. The summed E-state index contributed by atoms with van der Waals surface area (Å²) in [6, 6.07) is 6.08. The van der Waals surface area contributed by atoms with Crippen molar-refractivity contribution in [3.8, 4) is 0 Å². The number of nitrogens with zero attached hydrogens (tertiary/aromatic N) is 4. The van der Waals surface area contributed by atoms with Crippen LogP contribution in [0.5, 0.6) is 0 Å². The summed E-state index contributed by atoms with van der Waals surface area (Å²) < 4.78 is 0. The first kappa shape index (κ1) is 18.8. The molecule has 1 aliphatic rings. The lowest BCUT2D eigenvalue weighted by Gasteiger charge is -2.06. The molecule has 0 spiro atoms. The topological polar surface area (TPSA) is 80.1 Å². The van der Waals surface area contributed by atoms with Crippen molar-refractivity contribution >= 4 is 40.5 Å². The highest BCUT2D eigenvalue weighted by Crippen LogP contribution is 2.39. The van der Waals surface area contributed by atoms with Gasteiger partial charge in [-0.2, -0.15) is 0 Å². The van der Waals surface area contributed by atoms with Gasteiger partial charge < -0.3 is 5.32 Å². The van der Waals surface area contributed by atoms with Crippen molar-refractivity contribution in [3.63, 3.8) is 0 Å². The molecule has 0 radical (unpaired) electrons. The van der Waals surface area contributed by atoms with Crippen LogP contribution in [-0.4, -0.2) is 33.1 Å². The van der Waals surface area contributed by atoms with E-state index < -0.39 is 0 Å². The van der Waals surface area contributed by atoms with Gasteiger partial charge in [0.2, 0.25) is 0 Å². The molecular weight excluding hydrogens is 390 g/mol. The van der Waals surface area contributed by atoms with Crippen LogP contribution in [-0.2, 0) is 0 Å². The number of hydrogen-bond acceptors (Lipinski definition) is 7. The number of aliphatic imine (C=N–C) groups is 1. The Labute approximate surface area is 171 Å². The summed E-state index contributed by atoms with van der Waals surface area (Å²) in [6.45, 7) is 4.78. The van der Waals surface area contributed by atoms with Crippen LogP contribution in [0.3, 0.4) is 0 Å². The molecule has 3 aromatic heterocycles. The number of carbonyl (C=O) groups excluding carboxylic acids is 1. The van der Waals surface area contributed by atoms with E-state index in [9.17, 15) is 4.79 Å². The van der Waals surface area contributed by atoms with E-state index >= 15 is 0 Å². The van der Waals surface area contributed by atoms with Crippen LogP contribution in [0.1, 0.15) is 45.6 Å². The molecule has 28 heavy (non-hydrogen) atoms. The number of aromatic nitrogens is 3. The number of fused-ring (bicyclic) bond motifs is 2. The SMILES string of the molecule is CCCCNC(=O)c1cnc2c(n1)N=C(c1ccc(C)s1)c1cnccc1S2. The molecule has 0 saturated carbocycles. The Bertz CT molecular complexity index is 1060. The quantitative estimate of drug-likeness (QED) is 0.494. The molecule has 142 valence electrons. The molecule has 0 saturated heterocycles. The lowest BCUT2D eigenvalue weighted by molar-refractivity contribution is 0.0947. The van der Waals surface area contributed by atoms with E-state index in [1.54, 1.807) is 17.5 Å². The predicted octanol–water partition coefficient (Wildman–Crippen LogP) is 4.41. The molecule has 3 aromatic rings. The smallest absolute Gasteiger partial charge is 0.271 e. The number of pyridine rings is 1. The highest BCUT2D eigenvalue weighted by Gasteiger charge is 2.23. The standard InChI is InChI=1S/C20H19N5OS2/c1-3-4-8-22-19(26)14-11-23-20-18(24-14)25-17(16-6-5-12(2)27-16)13-10-21-9-7-15(13)28-20/h5-7,9-11H,3-4,8H2,1-2H3,(H,22,26). The molecule has 0 unspecified atom stereocenters. The predicted molar refractivity (Wildman–Crippen MR) is 112 cm³/mol. The minimum absolute atomic E-state index is 0.221. The first-order chi connectivity index (χ1) is 13.7. The minimum Gasteiger partial charge on any atom is -0.351 e. The molecular formula is C20H19N5OS2. The average Bonchev–Trinajstić information content (AvgIpc) is 3.06. The summed E-state index contributed by atoms with van der Waals surface area (Å²) in [6.07, 6.45) is 7.05. The number of nitrogens with one attached hydrogen (secondary N) is 1. The molecule has 0 atom stereocenters. The van der Waals surface area contributed by atoms with Crippen LogP contribution in [0.15, 0.2) is 51.7 Å². The molecule has 4 rings (SSSR count). The number of unbranched alkanes of at least 4 members (excludes halogenated alkanes) is 1. The van der Waals surface area contributed by atoms with Crippen LogP contribution in [0.25, 0.3) is 0 Å². The molecule has 0 aliphatic carbocycles. The molecule has 1 N–H and O–H groups in total. The maximum Gasteiger partial charge on any atom is 0.271 e. The minimum atomic E-state index is -0.221. The number of rotatable bonds is 5. The molecule has 8 heteroatoms. The van der Waals surface area contributed by atoms with Crippen molar-refractivity contribution in [3.05, 3.63) is 57.8 Å². The first-order valence-corrected chi connectivity index (χ1v) is 10.7. The van der Waals surface area contributed by atoms with Gasteiger partial charge in [-0.3, -0.25) is 9.78 Å². The summed E-state index contributed by atoms with van der Waals surface area (Å²) in [5, 5.41) is 3.56. The summed E-state index contributed by atoms with van der Waals surface area (Å²) in [5.74, 6) is 0.242. The van der Waals surface area contributed by atoms with Gasteiger partial charge in [-0.05, 0) is 31.5 Å². The van der Waals surface area contributed by atoms with Crippen molar-refractivity contribution in [1.82, 2.24) is 20.3 Å². The number of aryl methyl sites for hydroxylation is 1. The zero-order chi connectivity index (χ0) is 19.5. The Morgan fingerprint density at radius 3 is 2.89 bits per heavy atom. The Morgan fingerprint density at radius 2 is 2.11 bits per heavy atom. The van der Waals surface area contributed by atoms with Gasteiger partial charge >= 0.3 is 0 Å². The molecule has 0 bridgehead atoms. The zero-order valence-electron chi connectivity index (χ0n) is 15.6. The average molecular weight is 410 g/mol. The largest absolute Gasteiger partial charge is 0.351 e. The highest BCUT2D eigenvalue weighted by atomic mass is 32.2. The molecule has 1 aliphatic heterocycles. The molecule has 4 heterocycles. The molecule has 1 amide bonds. The highest BCUT2D eigenvalue weighted by molar-refractivity contribution is 7.99. The van der Waals surface area contributed by atoms with Crippen LogP contribution in [0.2, 0.25) is 0 Å². The second-order valence-corrected chi connectivity index (χ2v) is 8.66. The fourth-order valence-electron chi connectivity index (χ4n) is 2.76. The van der Waals surface area contributed by atoms with E-state index in [-0.39, 0.29) is 11.6 Å².